The van der Waals surface area contributed by atoms with Crippen LogP contribution in [-0.4, -0.2) is 0 Å². The summed E-state index contributed by atoms with van der Waals surface area (Å²) in [5.41, 5.74) is 3.76. The average molecular weight is 212 g/mol. The largest absolute Gasteiger partial charge is 0.300 e. The van der Waals surface area contributed by atoms with Crippen molar-refractivity contribution in [1.82, 2.24) is 0 Å². The lowest BCUT2D eigenvalue weighted by atomic mass is 9.90. The van der Waals surface area contributed by atoms with Crippen molar-refractivity contribution in [3.8, 4) is 0 Å². The summed E-state index contributed by atoms with van der Waals surface area (Å²) in [5, 5.41) is 0.870. The number of rotatable bonds is 2. The van der Waals surface area contributed by atoms with Gasteiger partial charge in [0.1, 0.15) is 0 Å². The molecule has 2 nitrogen and oxygen atoms in total. The van der Waals surface area contributed by atoms with Crippen molar-refractivity contribution in [2.75, 3.05) is 0 Å². The van der Waals surface area contributed by atoms with Crippen LogP contribution in [0.4, 0.5) is 0 Å². The van der Waals surface area contributed by atoms with Crippen LogP contribution >= 0.6 is 11.6 Å². The molecule has 0 unspecified atom stereocenters. The van der Waals surface area contributed by atoms with Crippen LogP contribution in [0.1, 0.15) is 29.5 Å². The van der Waals surface area contributed by atoms with Crippen LogP contribution in [0, 0.1) is 0 Å². The molecule has 2 rings (SSSR count). The van der Waals surface area contributed by atoms with E-state index < -0.39 is 0 Å². The molecule has 1 aliphatic rings. The average Bonchev–Trinajstić information content (AvgIpc) is 2.18. The van der Waals surface area contributed by atoms with Crippen molar-refractivity contribution >= 4 is 11.6 Å². The highest BCUT2D eigenvalue weighted by atomic mass is 35.5. The number of halogens is 1. The maximum Gasteiger partial charge on any atom is 0.0930 e. The maximum atomic E-state index is 6.19. The molecule has 0 saturated heterocycles. The lowest BCUT2D eigenvalue weighted by Crippen LogP contribution is -2.06. The van der Waals surface area contributed by atoms with Gasteiger partial charge in [-0.05, 0) is 48.4 Å². The van der Waals surface area contributed by atoms with Gasteiger partial charge in [-0.2, -0.15) is 0 Å². The highest BCUT2D eigenvalue weighted by Gasteiger charge is 2.13. The number of nitrogens with two attached hydrogens (primary N) is 1. The fraction of sp³-hybridized carbons (Fsp3) is 0.455. The van der Waals surface area contributed by atoms with E-state index in [4.69, 9.17) is 17.5 Å². The van der Waals surface area contributed by atoms with Gasteiger partial charge in [0.15, 0.2) is 0 Å². The third-order valence-corrected chi connectivity index (χ3v) is 3.06. The molecule has 0 spiro atoms. The minimum absolute atomic E-state index is 0.438. The van der Waals surface area contributed by atoms with E-state index in [9.17, 15) is 0 Å². The Morgan fingerprint density at radius 3 is 2.86 bits per heavy atom. The van der Waals surface area contributed by atoms with E-state index in [0.29, 0.717) is 6.61 Å². The van der Waals surface area contributed by atoms with Crippen molar-refractivity contribution < 1.29 is 4.84 Å². The first-order chi connectivity index (χ1) is 6.81. The summed E-state index contributed by atoms with van der Waals surface area (Å²) >= 11 is 6.19. The first kappa shape index (κ1) is 9.97. The monoisotopic (exact) mass is 211 g/mol. The molecule has 1 aliphatic carbocycles. The number of benzene rings is 1. The molecule has 0 heterocycles. The molecule has 0 atom stereocenters. The summed E-state index contributed by atoms with van der Waals surface area (Å²) in [6.07, 6.45) is 4.75. The van der Waals surface area contributed by atoms with Crippen LogP contribution in [0.5, 0.6) is 0 Å². The Labute approximate surface area is 89.0 Å². The van der Waals surface area contributed by atoms with E-state index in [1.165, 1.54) is 24.0 Å². The Balaban J connectivity index is 2.36. The molecule has 14 heavy (non-hydrogen) atoms. The quantitative estimate of drug-likeness (QED) is 0.764. The van der Waals surface area contributed by atoms with Gasteiger partial charge in [0, 0.05) is 5.02 Å². The standard InChI is InChI=1S/C11H14ClNO/c12-11-6-8(7-14-13)5-9-3-1-2-4-10(9)11/h5-6H,1-4,7,13H2. The van der Waals surface area contributed by atoms with Crippen LogP contribution in [0.3, 0.4) is 0 Å². The second-order valence-electron chi connectivity index (χ2n) is 3.73. The van der Waals surface area contributed by atoms with Crippen molar-refractivity contribution in [3.05, 3.63) is 33.8 Å². The minimum Gasteiger partial charge on any atom is -0.300 e. The zero-order chi connectivity index (χ0) is 9.97. The molecule has 0 saturated carbocycles. The van der Waals surface area contributed by atoms with Crippen molar-refractivity contribution in [1.29, 1.82) is 0 Å². The van der Waals surface area contributed by atoms with Gasteiger partial charge in [-0.25, -0.2) is 5.90 Å². The molecule has 0 bridgehead atoms. The Hall–Kier alpha value is -0.570. The summed E-state index contributed by atoms with van der Waals surface area (Å²) in [5.74, 6) is 5.04. The van der Waals surface area contributed by atoms with Crippen LogP contribution in [-0.2, 0) is 24.3 Å². The Kier molecular flexibility index (Phi) is 3.06. The van der Waals surface area contributed by atoms with Crippen LogP contribution in [0.15, 0.2) is 12.1 Å². The summed E-state index contributed by atoms with van der Waals surface area (Å²) in [6, 6.07) is 4.12. The maximum absolute atomic E-state index is 6.19. The fourth-order valence-corrected chi connectivity index (χ4v) is 2.41. The first-order valence-electron chi connectivity index (χ1n) is 4.93. The SMILES string of the molecule is NOCc1cc(Cl)c2c(c1)CCCC2. The fourth-order valence-electron chi connectivity index (χ4n) is 2.06. The van der Waals surface area contributed by atoms with Crippen LogP contribution in [0.25, 0.3) is 0 Å². The number of hydrogen-bond acceptors (Lipinski definition) is 2. The van der Waals surface area contributed by atoms with Gasteiger partial charge in [-0.3, -0.25) is 4.84 Å². The highest BCUT2D eigenvalue weighted by Crippen LogP contribution is 2.29. The molecule has 2 N–H and O–H groups in total. The summed E-state index contributed by atoms with van der Waals surface area (Å²) in [6.45, 7) is 0.438. The molecule has 0 aromatic heterocycles. The van der Waals surface area contributed by atoms with E-state index in [-0.39, 0.29) is 0 Å². The molecular formula is C11H14ClNO. The van der Waals surface area contributed by atoms with E-state index in [1.807, 2.05) is 6.07 Å². The predicted molar refractivity (Wildman–Crippen MR) is 57.1 cm³/mol. The van der Waals surface area contributed by atoms with E-state index in [2.05, 4.69) is 10.9 Å². The van der Waals surface area contributed by atoms with E-state index in [0.717, 1.165) is 23.4 Å². The summed E-state index contributed by atoms with van der Waals surface area (Å²) in [4.78, 5) is 4.62. The third-order valence-electron chi connectivity index (χ3n) is 2.72. The number of hydrogen-bond donors (Lipinski definition) is 1. The lowest BCUT2D eigenvalue weighted by molar-refractivity contribution is 0.124. The van der Waals surface area contributed by atoms with Gasteiger partial charge in [0.05, 0.1) is 6.61 Å². The Morgan fingerprint density at radius 1 is 1.29 bits per heavy atom. The molecule has 0 aliphatic heterocycles. The molecule has 3 heteroatoms. The predicted octanol–water partition coefficient (Wildman–Crippen LogP) is 2.61. The smallest absolute Gasteiger partial charge is 0.0930 e. The second-order valence-corrected chi connectivity index (χ2v) is 4.14. The van der Waals surface area contributed by atoms with Crippen molar-refractivity contribution in [2.45, 2.75) is 32.3 Å². The zero-order valence-corrected chi connectivity index (χ0v) is 8.81. The van der Waals surface area contributed by atoms with Gasteiger partial charge in [0.25, 0.3) is 0 Å². The first-order valence-corrected chi connectivity index (χ1v) is 5.31. The Morgan fingerprint density at radius 2 is 2.07 bits per heavy atom. The van der Waals surface area contributed by atoms with Gasteiger partial charge >= 0.3 is 0 Å². The summed E-state index contributed by atoms with van der Waals surface area (Å²) < 4.78 is 0. The zero-order valence-electron chi connectivity index (χ0n) is 8.05. The van der Waals surface area contributed by atoms with Gasteiger partial charge in [0.2, 0.25) is 0 Å². The topological polar surface area (TPSA) is 35.2 Å². The van der Waals surface area contributed by atoms with Crippen molar-refractivity contribution in [3.63, 3.8) is 0 Å². The number of fused-ring (bicyclic) bond motifs is 1. The molecule has 0 fully saturated rings. The Bertz CT molecular complexity index is 338. The van der Waals surface area contributed by atoms with Gasteiger partial charge in [-0.15, -0.1) is 0 Å². The van der Waals surface area contributed by atoms with Crippen molar-refractivity contribution in [2.24, 2.45) is 5.90 Å². The van der Waals surface area contributed by atoms with Crippen LogP contribution < -0.4 is 5.90 Å². The molecular weight excluding hydrogens is 198 g/mol. The highest BCUT2D eigenvalue weighted by molar-refractivity contribution is 6.31. The second kappa shape index (κ2) is 4.30. The lowest BCUT2D eigenvalue weighted by Gasteiger charge is -2.18. The number of aryl methyl sites for hydroxylation is 1. The van der Waals surface area contributed by atoms with Gasteiger partial charge < -0.3 is 0 Å². The molecule has 1 aromatic carbocycles. The normalized spacial score (nSPS) is 15.3. The molecule has 1 aromatic rings. The summed E-state index contributed by atoms with van der Waals surface area (Å²) in [7, 11) is 0. The third kappa shape index (κ3) is 1.92. The van der Waals surface area contributed by atoms with Gasteiger partial charge in [-0.1, -0.05) is 17.7 Å². The van der Waals surface area contributed by atoms with E-state index in [1.54, 1.807) is 0 Å². The van der Waals surface area contributed by atoms with E-state index >= 15 is 0 Å². The molecule has 0 amide bonds. The minimum atomic E-state index is 0.438. The molecule has 76 valence electrons. The molecule has 0 radical (unpaired) electrons. The van der Waals surface area contributed by atoms with Crippen LogP contribution in [0.2, 0.25) is 5.02 Å².